The fourth-order valence-electron chi connectivity index (χ4n) is 3.90. The summed E-state index contributed by atoms with van der Waals surface area (Å²) in [6.07, 6.45) is 1.86. The molecule has 0 saturated carbocycles. The van der Waals surface area contributed by atoms with Gasteiger partial charge < -0.3 is 0 Å². The molecule has 0 unspecified atom stereocenters. The number of hydrogen-bond acceptors (Lipinski definition) is 3. The number of fused-ring (bicyclic) bond motifs is 10. The lowest BCUT2D eigenvalue weighted by Gasteiger charge is -2.08. The van der Waals surface area contributed by atoms with Crippen LogP contribution in [0.2, 0.25) is 0 Å². The van der Waals surface area contributed by atoms with E-state index in [1.54, 1.807) is 0 Å². The number of benzene rings is 4. The molecule has 3 heteroatoms. The van der Waals surface area contributed by atoms with Crippen LogP contribution < -0.4 is 10.6 Å². The lowest BCUT2D eigenvalue weighted by molar-refractivity contribution is 1.34. The van der Waals surface area contributed by atoms with E-state index in [0.717, 1.165) is 27.3 Å². The highest BCUT2D eigenvalue weighted by Crippen LogP contribution is 2.36. The van der Waals surface area contributed by atoms with E-state index in [2.05, 4.69) is 64.8 Å². The van der Waals surface area contributed by atoms with Crippen molar-refractivity contribution in [1.82, 2.24) is 0 Å². The Labute approximate surface area is 137 Å². The van der Waals surface area contributed by atoms with Crippen LogP contribution in [-0.4, -0.2) is 0 Å². The molecule has 0 aromatic heterocycles. The zero-order valence-electron chi connectivity index (χ0n) is 12.7. The molecule has 0 saturated heterocycles. The van der Waals surface area contributed by atoms with Crippen LogP contribution in [0.15, 0.2) is 75.9 Å². The number of hydrogen-bond donors (Lipinski definition) is 0. The zero-order chi connectivity index (χ0) is 15.7. The molecule has 3 nitrogen and oxygen atoms in total. The van der Waals surface area contributed by atoms with Crippen LogP contribution in [0.4, 0.5) is 11.4 Å². The first-order chi connectivity index (χ1) is 11.9. The third-order valence-corrected chi connectivity index (χ3v) is 4.95. The summed E-state index contributed by atoms with van der Waals surface area (Å²) < 4.78 is 0. The first-order valence-electron chi connectivity index (χ1n) is 7.98. The molecular weight excluding hydrogens is 294 g/mol. The molecule has 0 bridgehead atoms. The van der Waals surface area contributed by atoms with Gasteiger partial charge in [0.05, 0.1) is 17.2 Å². The van der Waals surface area contributed by atoms with Gasteiger partial charge in [-0.2, -0.15) is 5.11 Å². The molecule has 2 heterocycles. The van der Waals surface area contributed by atoms with E-state index in [1.807, 2.05) is 12.3 Å². The molecule has 4 aromatic rings. The first kappa shape index (κ1) is 12.1. The van der Waals surface area contributed by atoms with Gasteiger partial charge in [-0.05, 0) is 16.8 Å². The zero-order valence-corrected chi connectivity index (χ0v) is 12.7. The Hall–Kier alpha value is -3.33. The Kier molecular flexibility index (Phi) is 2.10. The van der Waals surface area contributed by atoms with Crippen molar-refractivity contribution in [3.05, 3.63) is 71.2 Å². The van der Waals surface area contributed by atoms with Gasteiger partial charge in [-0.25, -0.2) is 4.99 Å². The second-order valence-electron chi connectivity index (χ2n) is 6.17. The standard InChI is InChI=1S/C21H11N3/c1-2-7-15-13(6-1)19-14(17-11-22-24-20(15)17)9-10-16-12-5-3-4-8-18(12)23-21(16)19/h1-11H. The fourth-order valence-corrected chi connectivity index (χ4v) is 3.90. The van der Waals surface area contributed by atoms with Crippen molar-refractivity contribution in [1.29, 1.82) is 0 Å². The molecule has 24 heavy (non-hydrogen) atoms. The van der Waals surface area contributed by atoms with Crippen molar-refractivity contribution < 1.29 is 0 Å². The number of azo groups is 1. The number of para-hydroxylation sites is 1. The maximum Gasteiger partial charge on any atom is 0.103 e. The predicted octanol–water partition coefficient (Wildman–Crippen LogP) is 4.76. The Bertz CT molecular complexity index is 1350. The van der Waals surface area contributed by atoms with Crippen LogP contribution in [0.3, 0.4) is 0 Å². The molecule has 2 aliphatic heterocycles. The van der Waals surface area contributed by atoms with E-state index in [0.29, 0.717) is 0 Å². The summed E-state index contributed by atoms with van der Waals surface area (Å²) >= 11 is 0. The summed E-state index contributed by atoms with van der Waals surface area (Å²) in [6.45, 7) is 0. The van der Waals surface area contributed by atoms with Crippen molar-refractivity contribution in [2.45, 2.75) is 0 Å². The van der Waals surface area contributed by atoms with Gasteiger partial charge in [0, 0.05) is 27.1 Å². The first-order valence-corrected chi connectivity index (χ1v) is 7.98. The molecule has 4 aromatic carbocycles. The van der Waals surface area contributed by atoms with Crippen LogP contribution in [0.5, 0.6) is 0 Å². The largest absolute Gasteiger partial charge is 0.247 e. The molecule has 0 atom stereocenters. The van der Waals surface area contributed by atoms with Crippen molar-refractivity contribution in [2.24, 2.45) is 15.2 Å². The van der Waals surface area contributed by atoms with Gasteiger partial charge in [0.25, 0.3) is 0 Å². The average molecular weight is 305 g/mol. The second kappa shape index (κ2) is 4.15. The van der Waals surface area contributed by atoms with Gasteiger partial charge in [-0.1, -0.05) is 54.6 Å². The predicted molar refractivity (Wildman–Crippen MR) is 96.3 cm³/mol. The van der Waals surface area contributed by atoms with E-state index in [4.69, 9.17) is 4.99 Å². The normalized spacial score (nSPS) is 13.5. The number of rotatable bonds is 0. The molecule has 0 N–H and O–H groups in total. The third kappa shape index (κ3) is 1.35. The van der Waals surface area contributed by atoms with Gasteiger partial charge in [0.15, 0.2) is 0 Å². The van der Waals surface area contributed by atoms with E-state index in [9.17, 15) is 0 Å². The lowest BCUT2D eigenvalue weighted by atomic mass is 9.95. The van der Waals surface area contributed by atoms with Crippen LogP contribution in [0.25, 0.3) is 38.9 Å². The fraction of sp³-hybridized carbons (Fsp3) is 0. The summed E-state index contributed by atoms with van der Waals surface area (Å²) in [5.74, 6) is 0. The van der Waals surface area contributed by atoms with E-state index in [1.165, 1.54) is 27.3 Å². The highest BCUT2D eigenvalue weighted by molar-refractivity contribution is 6.14. The van der Waals surface area contributed by atoms with Crippen LogP contribution in [-0.2, 0) is 0 Å². The Morgan fingerprint density at radius 2 is 1.50 bits per heavy atom. The van der Waals surface area contributed by atoms with Crippen molar-refractivity contribution in [2.75, 3.05) is 0 Å². The lowest BCUT2D eigenvalue weighted by Crippen LogP contribution is -2.10. The number of nitrogens with zero attached hydrogens (tertiary/aromatic N) is 3. The van der Waals surface area contributed by atoms with Crippen molar-refractivity contribution in [3.63, 3.8) is 0 Å². The monoisotopic (exact) mass is 305 g/mol. The van der Waals surface area contributed by atoms with Crippen molar-refractivity contribution >= 4 is 39.1 Å². The molecule has 0 spiro atoms. The van der Waals surface area contributed by atoms with Gasteiger partial charge in [-0.3, -0.25) is 0 Å². The van der Waals surface area contributed by atoms with E-state index < -0.39 is 0 Å². The average Bonchev–Trinajstić information content (AvgIpc) is 3.26. The summed E-state index contributed by atoms with van der Waals surface area (Å²) in [6, 6.07) is 21.1. The maximum atomic E-state index is 4.94. The Balaban J connectivity index is 1.95. The molecule has 0 radical (unpaired) electrons. The minimum atomic E-state index is 0.966. The smallest absolute Gasteiger partial charge is 0.103 e. The highest BCUT2D eigenvalue weighted by atomic mass is 15.1. The van der Waals surface area contributed by atoms with E-state index in [-0.39, 0.29) is 0 Å². The highest BCUT2D eigenvalue weighted by Gasteiger charge is 2.19. The molecular formula is C21H11N3. The van der Waals surface area contributed by atoms with Crippen LogP contribution in [0, 0.1) is 0 Å². The molecule has 0 fully saturated rings. The third-order valence-electron chi connectivity index (χ3n) is 4.95. The molecule has 2 aliphatic rings. The summed E-state index contributed by atoms with van der Waals surface area (Å²) in [4.78, 5) is 4.94. The van der Waals surface area contributed by atoms with Gasteiger partial charge in [0.2, 0.25) is 0 Å². The minimum absolute atomic E-state index is 0.966. The minimum Gasteiger partial charge on any atom is -0.247 e. The second-order valence-corrected chi connectivity index (χ2v) is 6.17. The summed E-state index contributed by atoms with van der Waals surface area (Å²) in [5, 5.41) is 15.4. The van der Waals surface area contributed by atoms with Gasteiger partial charge in [-0.15, -0.1) is 5.11 Å². The van der Waals surface area contributed by atoms with Crippen molar-refractivity contribution in [3.8, 4) is 11.1 Å². The van der Waals surface area contributed by atoms with Gasteiger partial charge in [0.1, 0.15) is 5.69 Å². The SMILES string of the molecule is C1=c2c(c3ccccc3c3c4c(ccc23)-c2ccccc2N=4)N=N1. The Morgan fingerprint density at radius 3 is 2.46 bits per heavy atom. The van der Waals surface area contributed by atoms with E-state index >= 15 is 0 Å². The molecule has 110 valence electrons. The summed E-state index contributed by atoms with van der Waals surface area (Å²) in [7, 11) is 0. The van der Waals surface area contributed by atoms with Gasteiger partial charge >= 0.3 is 0 Å². The molecule has 6 rings (SSSR count). The maximum absolute atomic E-state index is 4.94. The quantitative estimate of drug-likeness (QED) is 0.370. The van der Waals surface area contributed by atoms with Crippen LogP contribution >= 0.6 is 0 Å². The molecule has 0 aliphatic carbocycles. The topological polar surface area (TPSA) is 37.1 Å². The Morgan fingerprint density at radius 1 is 0.667 bits per heavy atom. The molecule has 0 amide bonds. The summed E-state index contributed by atoms with van der Waals surface area (Å²) in [5.41, 5.74) is 4.42. The van der Waals surface area contributed by atoms with Crippen LogP contribution in [0.1, 0.15) is 0 Å².